The Morgan fingerprint density at radius 2 is 1.84 bits per heavy atom. The van der Waals surface area contributed by atoms with Crippen molar-refractivity contribution >= 4 is 50.6 Å². The Labute approximate surface area is 184 Å². The molecule has 2 aromatic carbocycles. The summed E-state index contributed by atoms with van der Waals surface area (Å²) in [6, 6.07) is 8.21. The average molecular weight is 442 g/mol. The normalized spacial score (nSPS) is 19.5. The molecule has 1 fully saturated rings. The Kier molecular flexibility index (Phi) is 4.79. The minimum Gasteiger partial charge on any atom is -0.368 e. The number of anilines is 3. The van der Waals surface area contributed by atoms with E-state index >= 15 is 0 Å². The number of rotatable bonds is 3. The van der Waals surface area contributed by atoms with E-state index in [9.17, 15) is 4.39 Å². The molecule has 0 bridgehead atoms. The number of hydrogen-bond acceptors (Lipinski definition) is 5. The summed E-state index contributed by atoms with van der Waals surface area (Å²) >= 11 is 6.75. The SMILES string of the molecule is C[C@@H]1CN(c2cc(Cl)c3c(Nc4cc(F)c5nn(C)cc5c4)nn(C)c3c2)C[C@H](C)N1. The van der Waals surface area contributed by atoms with Crippen LogP contribution in [0.1, 0.15) is 13.8 Å². The van der Waals surface area contributed by atoms with Crippen LogP contribution in [0.4, 0.5) is 21.6 Å². The number of benzene rings is 2. The predicted molar refractivity (Wildman–Crippen MR) is 124 cm³/mol. The first kappa shape index (κ1) is 20.1. The molecule has 5 rings (SSSR count). The predicted octanol–water partition coefficient (Wildman–Crippen LogP) is 4.18. The van der Waals surface area contributed by atoms with E-state index in [4.69, 9.17) is 11.6 Å². The van der Waals surface area contributed by atoms with Gasteiger partial charge in [-0.1, -0.05) is 11.6 Å². The van der Waals surface area contributed by atoms with Gasteiger partial charge in [0.15, 0.2) is 11.6 Å². The largest absolute Gasteiger partial charge is 0.368 e. The summed E-state index contributed by atoms with van der Waals surface area (Å²) in [6.07, 6.45) is 1.79. The van der Waals surface area contributed by atoms with E-state index in [0.29, 0.717) is 34.1 Å². The zero-order chi connectivity index (χ0) is 21.9. The smallest absolute Gasteiger partial charge is 0.161 e. The second kappa shape index (κ2) is 7.39. The van der Waals surface area contributed by atoms with Crippen LogP contribution >= 0.6 is 11.6 Å². The van der Waals surface area contributed by atoms with Crippen molar-refractivity contribution < 1.29 is 4.39 Å². The van der Waals surface area contributed by atoms with E-state index < -0.39 is 0 Å². The first-order valence-corrected chi connectivity index (χ1v) is 10.7. The number of nitrogens with zero attached hydrogens (tertiary/aromatic N) is 5. The number of aromatic nitrogens is 4. The van der Waals surface area contributed by atoms with Crippen molar-refractivity contribution in [3.63, 3.8) is 0 Å². The first-order chi connectivity index (χ1) is 14.8. The van der Waals surface area contributed by atoms with Gasteiger partial charge in [0.25, 0.3) is 0 Å². The third kappa shape index (κ3) is 3.59. The molecule has 0 amide bonds. The molecule has 1 aliphatic heterocycles. The highest BCUT2D eigenvalue weighted by Crippen LogP contribution is 2.36. The second-order valence-electron chi connectivity index (χ2n) is 8.49. The van der Waals surface area contributed by atoms with Crippen molar-refractivity contribution in [3.8, 4) is 0 Å². The number of hydrogen-bond donors (Lipinski definition) is 2. The molecule has 0 aliphatic carbocycles. The Hall–Kier alpha value is -2.84. The van der Waals surface area contributed by atoms with Gasteiger partial charge in [0.05, 0.1) is 15.9 Å². The maximum Gasteiger partial charge on any atom is 0.161 e. The molecule has 1 aliphatic rings. The minimum absolute atomic E-state index is 0.348. The molecule has 0 saturated carbocycles. The van der Waals surface area contributed by atoms with E-state index in [1.54, 1.807) is 22.6 Å². The molecular weight excluding hydrogens is 417 g/mol. The summed E-state index contributed by atoms with van der Waals surface area (Å²) in [5.74, 6) is 0.218. The average Bonchev–Trinajstić information content (AvgIpc) is 3.21. The molecule has 31 heavy (non-hydrogen) atoms. The molecule has 9 heteroatoms. The van der Waals surface area contributed by atoms with E-state index in [-0.39, 0.29) is 5.82 Å². The van der Waals surface area contributed by atoms with E-state index in [2.05, 4.69) is 45.6 Å². The van der Waals surface area contributed by atoms with Gasteiger partial charge in [-0.05, 0) is 38.1 Å². The van der Waals surface area contributed by atoms with Gasteiger partial charge in [-0.25, -0.2) is 4.39 Å². The van der Waals surface area contributed by atoms with Gasteiger partial charge < -0.3 is 15.5 Å². The van der Waals surface area contributed by atoms with Crippen LogP contribution in [0.25, 0.3) is 21.8 Å². The third-order valence-electron chi connectivity index (χ3n) is 5.75. The second-order valence-corrected chi connectivity index (χ2v) is 8.90. The standard InChI is InChI=1S/C22H25ClFN7/c1-12-9-31(10-13(2)25-12)16-7-17(23)20-19(8-16)30(4)28-22(20)26-15-5-14-11-29(3)27-21(14)18(24)6-15/h5-8,11-13,25H,9-10H2,1-4H3,(H,26,28)/t12-,13+. The monoisotopic (exact) mass is 441 g/mol. The number of halogens is 2. The Morgan fingerprint density at radius 3 is 2.58 bits per heavy atom. The summed E-state index contributed by atoms with van der Waals surface area (Å²) in [6.45, 7) is 6.21. The number of fused-ring (bicyclic) bond motifs is 2. The van der Waals surface area contributed by atoms with Crippen LogP contribution in [-0.4, -0.2) is 44.7 Å². The highest BCUT2D eigenvalue weighted by Gasteiger charge is 2.23. The highest BCUT2D eigenvalue weighted by atomic mass is 35.5. The lowest BCUT2D eigenvalue weighted by Gasteiger charge is -2.37. The summed E-state index contributed by atoms with van der Waals surface area (Å²) in [5, 5.41) is 17.7. The molecule has 3 heterocycles. The lowest BCUT2D eigenvalue weighted by molar-refractivity contribution is 0.407. The number of aryl methyl sites for hydroxylation is 2. The van der Waals surface area contributed by atoms with E-state index in [1.807, 2.05) is 19.2 Å². The van der Waals surface area contributed by atoms with Crippen LogP contribution < -0.4 is 15.5 Å². The van der Waals surface area contributed by atoms with Gasteiger partial charge in [0.2, 0.25) is 0 Å². The molecular formula is C22H25ClFN7. The van der Waals surface area contributed by atoms with Crippen molar-refractivity contribution in [1.82, 2.24) is 24.9 Å². The summed E-state index contributed by atoms with van der Waals surface area (Å²) in [5.41, 5.74) is 2.95. The summed E-state index contributed by atoms with van der Waals surface area (Å²) < 4.78 is 17.9. The minimum atomic E-state index is -0.379. The molecule has 1 saturated heterocycles. The molecule has 2 aromatic heterocycles. The van der Waals surface area contributed by atoms with Crippen LogP contribution in [0, 0.1) is 5.82 Å². The Morgan fingerprint density at radius 1 is 1.10 bits per heavy atom. The molecule has 162 valence electrons. The first-order valence-electron chi connectivity index (χ1n) is 10.4. The van der Waals surface area contributed by atoms with Crippen molar-refractivity contribution in [2.45, 2.75) is 25.9 Å². The molecule has 4 aromatic rings. The van der Waals surface area contributed by atoms with Gasteiger partial charge >= 0.3 is 0 Å². The molecule has 0 spiro atoms. The Bertz CT molecular complexity index is 1280. The van der Waals surface area contributed by atoms with Crippen LogP contribution in [0.2, 0.25) is 5.02 Å². The fraction of sp³-hybridized carbons (Fsp3) is 0.364. The van der Waals surface area contributed by atoms with Gasteiger partial charge in [-0.2, -0.15) is 10.2 Å². The summed E-state index contributed by atoms with van der Waals surface area (Å²) in [7, 11) is 3.66. The van der Waals surface area contributed by atoms with Crippen molar-refractivity contribution in [2.75, 3.05) is 23.3 Å². The summed E-state index contributed by atoms with van der Waals surface area (Å²) in [4.78, 5) is 2.35. The maximum absolute atomic E-state index is 14.5. The number of piperazine rings is 1. The third-order valence-corrected chi connectivity index (χ3v) is 6.05. The maximum atomic E-state index is 14.5. The van der Waals surface area contributed by atoms with Crippen molar-refractivity contribution in [1.29, 1.82) is 0 Å². The van der Waals surface area contributed by atoms with Crippen molar-refractivity contribution in [3.05, 3.63) is 41.3 Å². The topological polar surface area (TPSA) is 62.9 Å². The Balaban J connectivity index is 1.53. The van der Waals surface area contributed by atoms with Gasteiger partial charge in [0.1, 0.15) is 5.52 Å². The molecule has 0 radical (unpaired) electrons. The van der Waals surface area contributed by atoms with Crippen molar-refractivity contribution in [2.24, 2.45) is 14.1 Å². The van der Waals surface area contributed by atoms with Crippen LogP contribution in [0.15, 0.2) is 30.5 Å². The fourth-order valence-corrected chi connectivity index (χ4v) is 4.85. The van der Waals surface area contributed by atoms with Crippen LogP contribution in [0.3, 0.4) is 0 Å². The molecule has 7 nitrogen and oxygen atoms in total. The van der Waals surface area contributed by atoms with Crippen LogP contribution in [0.5, 0.6) is 0 Å². The molecule has 2 atom stereocenters. The van der Waals surface area contributed by atoms with Crippen LogP contribution in [-0.2, 0) is 14.1 Å². The molecule has 2 N–H and O–H groups in total. The highest BCUT2D eigenvalue weighted by molar-refractivity contribution is 6.37. The van der Waals surface area contributed by atoms with E-state index in [1.165, 1.54) is 6.07 Å². The van der Waals surface area contributed by atoms with Gasteiger partial charge in [-0.3, -0.25) is 9.36 Å². The molecule has 0 unspecified atom stereocenters. The quantitative estimate of drug-likeness (QED) is 0.499. The fourth-order valence-electron chi connectivity index (χ4n) is 4.55. The van der Waals surface area contributed by atoms with E-state index in [0.717, 1.165) is 35.1 Å². The van der Waals surface area contributed by atoms with Gasteiger partial charge in [-0.15, -0.1) is 0 Å². The lowest BCUT2D eigenvalue weighted by Crippen LogP contribution is -2.54. The zero-order valence-electron chi connectivity index (χ0n) is 17.9. The van der Waals surface area contributed by atoms with Gasteiger partial charge in [0, 0.05) is 62.2 Å². The zero-order valence-corrected chi connectivity index (χ0v) is 18.7. The lowest BCUT2D eigenvalue weighted by atomic mass is 10.1. The number of nitrogens with one attached hydrogen (secondary N) is 2.